The second kappa shape index (κ2) is 4.38. The van der Waals surface area contributed by atoms with E-state index in [0.29, 0.717) is 0 Å². The van der Waals surface area contributed by atoms with E-state index in [-0.39, 0.29) is 4.75 Å². The Morgan fingerprint density at radius 3 is 2.38 bits per heavy atom. The molecule has 0 N–H and O–H groups in total. The SMILES string of the molecule is CC(C)(C)Sc1ccccc1-c1ccco1. The summed E-state index contributed by atoms with van der Waals surface area (Å²) in [6.45, 7) is 6.66. The number of hydrogen-bond acceptors (Lipinski definition) is 2. The molecular weight excluding hydrogens is 216 g/mol. The lowest BCUT2D eigenvalue weighted by Crippen LogP contribution is -2.06. The molecule has 0 aliphatic heterocycles. The smallest absolute Gasteiger partial charge is 0.134 e. The van der Waals surface area contributed by atoms with E-state index in [0.717, 1.165) is 5.76 Å². The summed E-state index contributed by atoms with van der Waals surface area (Å²) >= 11 is 1.87. The van der Waals surface area contributed by atoms with E-state index in [2.05, 4.69) is 39.0 Å². The summed E-state index contributed by atoms with van der Waals surface area (Å²) in [4.78, 5) is 1.27. The topological polar surface area (TPSA) is 13.1 Å². The first-order valence-electron chi connectivity index (χ1n) is 5.38. The summed E-state index contributed by atoms with van der Waals surface area (Å²) in [5.41, 5.74) is 1.17. The van der Waals surface area contributed by atoms with Crippen LogP contribution in [0.15, 0.2) is 52.0 Å². The summed E-state index contributed by atoms with van der Waals surface area (Å²) < 4.78 is 5.67. The molecule has 1 aromatic heterocycles. The predicted molar refractivity (Wildman–Crippen MR) is 69.8 cm³/mol. The third-order valence-corrected chi connectivity index (χ3v) is 3.28. The molecule has 2 heteroatoms. The minimum atomic E-state index is 0.211. The maximum Gasteiger partial charge on any atom is 0.134 e. The van der Waals surface area contributed by atoms with Crippen LogP contribution in [-0.4, -0.2) is 4.75 Å². The fourth-order valence-corrected chi connectivity index (χ4v) is 2.61. The van der Waals surface area contributed by atoms with E-state index in [4.69, 9.17) is 4.42 Å². The zero-order valence-corrected chi connectivity index (χ0v) is 10.7. The molecule has 0 spiro atoms. The first-order valence-corrected chi connectivity index (χ1v) is 6.20. The van der Waals surface area contributed by atoms with Crippen molar-refractivity contribution in [2.75, 3.05) is 0 Å². The van der Waals surface area contributed by atoms with E-state index in [9.17, 15) is 0 Å². The van der Waals surface area contributed by atoms with Gasteiger partial charge in [0.05, 0.1) is 6.26 Å². The van der Waals surface area contributed by atoms with E-state index in [1.807, 2.05) is 30.0 Å². The highest BCUT2D eigenvalue weighted by Gasteiger charge is 2.15. The van der Waals surface area contributed by atoms with Gasteiger partial charge in [-0.1, -0.05) is 39.0 Å². The van der Waals surface area contributed by atoms with Gasteiger partial charge in [0.25, 0.3) is 0 Å². The number of hydrogen-bond donors (Lipinski definition) is 0. The molecule has 1 aromatic carbocycles. The fraction of sp³-hybridized carbons (Fsp3) is 0.286. The Morgan fingerprint density at radius 1 is 1.00 bits per heavy atom. The Bertz CT molecular complexity index is 452. The highest BCUT2D eigenvalue weighted by Crippen LogP contribution is 2.38. The van der Waals surface area contributed by atoms with Gasteiger partial charge in [0.15, 0.2) is 0 Å². The maximum absolute atomic E-state index is 5.46. The molecule has 0 atom stereocenters. The van der Waals surface area contributed by atoms with Crippen molar-refractivity contribution in [2.24, 2.45) is 0 Å². The zero-order chi connectivity index (χ0) is 11.6. The van der Waals surface area contributed by atoms with Crippen LogP contribution in [0.2, 0.25) is 0 Å². The molecule has 0 radical (unpaired) electrons. The first kappa shape index (κ1) is 11.3. The largest absolute Gasteiger partial charge is 0.464 e. The quantitative estimate of drug-likeness (QED) is 0.687. The molecule has 1 nitrogen and oxygen atoms in total. The number of rotatable bonds is 2. The molecule has 16 heavy (non-hydrogen) atoms. The van der Waals surface area contributed by atoms with Crippen LogP contribution in [0, 0.1) is 0 Å². The number of benzene rings is 1. The molecule has 2 aromatic rings. The van der Waals surface area contributed by atoms with Gasteiger partial charge in [0.1, 0.15) is 5.76 Å². The van der Waals surface area contributed by atoms with Crippen molar-refractivity contribution in [3.63, 3.8) is 0 Å². The van der Waals surface area contributed by atoms with Gasteiger partial charge in [-0.15, -0.1) is 11.8 Å². The minimum Gasteiger partial charge on any atom is -0.464 e. The number of furan rings is 1. The molecule has 2 rings (SSSR count). The van der Waals surface area contributed by atoms with E-state index >= 15 is 0 Å². The van der Waals surface area contributed by atoms with Crippen molar-refractivity contribution in [1.82, 2.24) is 0 Å². The second-order valence-corrected chi connectivity index (χ2v) is 6.56. The van der Waals surface area contributed by atoms with Crippen LogP contribution >= 0.6 is 11.8 Å². The Hall–Kier alpha value is -1.15. The van der Waals surface area contributed by atoms with Crippen LogP contribution in [0.5, 0.6) is 0 Å². The highest BCUT2D eigenvalue weighted by molar-refractivity contribution is 8.00. The Labute approximate surface area is 101 Å². The maximum atomic E-state index is 5.46. The van der Waals surface area contributed by atoms with Gasteiger partial charge in [-0.2, -0.15) is 0 Å². The molecule has 0 saturated carbocycles. The molecule has 0 bridgehead atoms. The van der Waals surface area contributed by atoms with E-state index < -0.39 is 0 Å². The van der Waals surface area contributed by atoms with Crippen LogP contribution < -0.4 is 0 Å². The van der Waals surface area contributed by atoms with Crippen molar-refractivity contribution in [3.8, 4) is 11.3 Å². The van der Waals surface area contributed by atoms with Crippen LogP contribution in [-0.2, 0) is 0 Å². The summed E-state index contributed by atoms with van der Waals surface area (Å²) in [5.74, 6) is 0.937. The van der Waals surface area contributed by atoms with Gasteiger partial charge < -0.3 is 4.42 Å². The minimum absolute atomic E-state index is 0.211. The Balaban J connectivity index is 2.39. The summed E-state index contributed by atoms with van der Waals surface area (Å²) in [7, 11) is 0. The Morgan fingerprint density at radius 2 is 1.75 bits per heavy atom. The normalized spacial score (nSPS) is 11.7. The second-order valence-electron chi connectivity index (χ2n) is 4.69. The van der Waals surface area contributed by atoms with Gasteiger partial charge in [0.2, 0.25) is 0 Å². The lowest BCUT2D eigenvalue weighted by Gasteiger charge is -2.19. The third-order valence-electron chi connectivity index (χ3n) is 2.09. The van der Waals surface area contributed by atoms with Crippen LogP contribution in [0.4, 0.5) is 0 Å². The summed E-state index contributed by atoms with van der Waals surface area (Å²) in [6.07, 6.45) is 1.72. The van der Waals surface area contributed by atoms with Gasteiger partial charge in [-0.25, -0.2) is 0 Å². The summed E-state index contributed by atoms with van der Waals surface area (Å²) in [6, 6.07) is 12.3. The molecule has 0 unspecified atom stereocenters. The van der Waals surface area contributed by atoms with Crippen molar-refractivity contribution in [1.29, 1.82) is 0 Å². The van der Waals surface area contributed by atoms with Gasteiger partial charge in [-0.3, -0.25) is 0 Å². The average Bonchev–Trinajstić information content (AvgIpc) is 2.69. The van der Waals surface area contributed by atoms with Crippen molar-refractivity contribution in [3.05, 3.63) is 42.7 Å². The van der Waals surface area contributed by atoms with Crippen molar-refractivity contribution < 1.29 is 4.42 Å². The average molecular weight is 232 g/mol. The molecule has 0 aliphatic carbocycles. The number of thioether (sulfide) groups is 1. The van der Waals surface area contributed by atoms with Crippen LogP contribution in [0.1, 0.15) is 20.8 Å². The van der Waals surface area contributed by atoms with Gasteiger partial charge >= 0.3 is 0 Å². The van der Waals surface area contributed by atoms with Crippen molar-refractivity contribution in [2.45, 2.75) is 30.4 Å². The molecular formula is C14H16OS. The monoisotopic (exact) mass is 232 g/mol. The van der Waals surface area contributed by atoms with E-state index in [1.54, 1.807) is 6.26 Å². The summed E-state index contributed by atoms with van der Waals surface area (Å²) in [5, 5.41) is 0. The van der Waals surface area contributed by atoms with E-state index in [1.165, 1.54) is 10.5 Å². The lowest BCUT2D eigenvalue weighted by atomic mass is 10.2. The lowest BCUT2D eigenvalue weighted by molar-refractivity contribution is 0.581. The first-order chi connectivity index (χ1) is 7.56. The molecule has 0 aliphatic rings. The standard InChI is InChI=1S/C14H16OS/c1-14(2,3)16-13-9-5-4-7-11(13)12-8-6-10-15-12/h4-10H,1-3H3. The van der Waals surface area contributed by atoms with Crippen LogP contribution in [0.3, 0.4) is 0 Å². The van der Waals surface area contributed by atoms with Crippen molar-refractivity contribution >= 4 is 11.8 Å². The van der Waals surface area contributed by atoms with Gasteiger partial charge in [-0.05, 0) is 18.2 Å². The molecule has 0 saturated heterocycles. The molecule has 0 fully saturated rings. The Kier molecular flexibility index (Phi) is 3.10. The fourth-order valence-electron chi connectivity index (χ4n) is 1.52. The molecule has 0 amide bonds. The zero-order valence-electron chi connectivity index (χ0n) is 9.86. The van der Waals surface area contributed by atoms with Gasteiger partial charge in [0, 0.05) is 15.2 Å². The third kappa shape index (κ3) is 2.70. The molecule has 1 heterocycles. The predicted octanol–water partition coefficient (Wildman–Crippen LogP) is 4.84. The highest BCUT2D eigenvalue weighted by atomic mass is 32.2. The molecule has 84 valence electrons. The van der Waals surface area contributed by atoms with Crippen LogP contribution in [0.25, 0.3) is 11.3 Å².